The predicted octanol–water partition coefficient (Wildman–Crippen LogP) is 2.33. The molecule has 1 saturated heterocycles. The van der Waals surface area contributed by atoms with E-state index in [0.29, 0.717) is 12.1 Å². The maximum absolute atomic E-state index is 12.9. The molecule has 0 unspecified atom stereocenters. The number of carbonyl (C=O) groups excluding carboxylic acids is 2. The van der Waals surface area contributed by atoms with Crippen molar-refractivity contribution in [2.45, 2.75) is 24.4 Å². The van der Waals surface area contributed by atoms with Crippen LogP contribution in [0.2, 0.25) is 5.02 Å². The maximum Gasteiger partial charge on any atom is 0.416 e. The van der Waals surface area contributed by atoms with E-state index in [1.54, 1.807) is 6.92 Å². The van der Waals surface area contributed by atoms with Crippen molar-refractivity contribution in [3.05, 3.63) is 28.8 Å². The van der Waals surface area contributed by atoms with Gasteiger partial charge in [-0.1, -0.05) is 11.6 Å². The number of nitrogens with zero attached hydrogens (tertiary/aromatic N) is 2. The molecule has 168 valence electrons. The third-order valence-corrected chi connectivity index (χ3v) is 6.73. The van der Waals surface area contributed by atoms with Crippen molar-refractivity contribution in [3.8, 4) is 0 Å². The summed E-state index contributed by atoms with van der Waals surface area (Å²) in [6, 6.07) is 2.12. The van der Waals surface area contributed by atoms with Gasteiger partial charge in [0.2, 0.25) is 15.9 Å². The van der Waals surface area contributed by atoms with E-state index in [9.17, 15) is 31.2 Å². The fourth-order valence-corrected chi connectivity index (χ4v) is 4.73. The topological polar surface area (TPSA) is 96.0 Å². The van der Waals surface area contributed by atoms with Crippen molar-refractivity contribution < 1.29 is 35.9 Å². The summed E-state index contributed by atoms with van der Waals surface area (Å²) in [6.45, 7) is 1.85. The Morgan fingerprint density at radius 1 is 1.20 bits per heavy atom. The van der Waals surface area contributed by atoms with Crippen molar-refractivity contribution in [1.82, 2.24) is 14.5 Å². The van der Waals surface area contributed by atoms with Crippen LogP contribution in [0.4, 0.5) is 18.0 Å². The Balaban J connectivity index is 1.99. The number of amides is 2. The molecule has 13 heteroatoms. The molecule has 1 aromatic carbocycles. The van der Waals surface area contributed by atoms with Crippen molar-refractivity contribution in [2.24, 2.45) is 0 Å². The number of sulfonamides is 1. The molecule has 0 spiro atoms. The molecule has 0 atom stereocenters. The SMILES string of the molecule is CCOC(=O)NCCC(=O)N1CCN(S(=O)(=O)c2cc(C(F)(F)F)ccc2Cl)CC1. The fraction of sp³-hybridized carbons (Fsp3) is 0.529. The van der Waals surface area contributed by atoms with Crippen LogP contribution in [0.15, 0.2) is 23.1 Å². The molecule has 2 rings (SSSR count). The fourth-order valence-electron chi connectivity index (χ4n) is 2.81. The van der Waals surface area contributed by atoms with Gasteiger partial charge in [0.15, 0.2) is 0 Å². The lowest BCUT2D eigenvalue weighted by Gasteiger charge is -2.34. The van der Waals surface area contributed by atoms with Crippen LogP contribution in [0, 0.1) is 0 Å². The normalized spacial score (nSPS) is 15.7. The number of piperazine rings is 1. The number of alkyl halides is 3. The molecular formula is C17H21ClF3N3O5S. The zero-order chi connectivity index (χ0) is 22.5. The van der Waals surface area contributed by atoms with Crippen LogP contribution < -0.4 is 5.32 Å². The lowest BCUT2D eigenvalue weighted by atomic mass is 10.2. The molecule has 1 aromatic rings. The first-order valence-electron chi connectivity index (χ1n) is 9.02. The molecule has 1 aliphatic heterocycles. The van der Waals surface area contributed by atoms with Gasteiger partial charge in [0.1, 0.15) is 4.90 Å². The predicted molar refractivity (Wildman–Crippen MR) is 101 cm³/mol. The average molecular weight is 472 g/mol. The lowest BCUT2D eigenvalue weighted by Crippen LogP contribution is -2.51. The number of rotatable bonds is 6. The van der Waals surface area contributed by atoms with Crippen LogP contribution in [0.1, 0.15) is 18.9 Å². The minimum absolute atomic E-state index is 0.00498. The van der Waals surface area contributed by atoms with E-state index >= 15 is 0 Å². The summed E-state index contributed by atoms with van der Waals surface area (Å²) in [5.74, 6) is -0.291. The van der Waals surface area contributed by atoms with Crippen LogP contribution in [-0.2, 0) is 25.7 Å². The highest BCUT2D eigenvalue weighted by atomic mass is 35.5. The van der Waals surface area contributed by atoms with Crippen molar-refractivity contribution in [3.63, 3.8) is 0 Å². The first-order chi connectivity index (χ1) is 14.0. The Kier molecular flexibility index (Phi) is 7.94. The zero-order valence-corrected chi connectivity index (χ0v) is 17.6. The third kappa shape index (κ3) is 5.99. The maximum atomic E-state index is 12.9. The van der Waals surface area contributed by atoms with E-state index in [4.69, 9.17) is 11.6 Å². The smallest absolute Gasteiger partial charge is 0.416 e. The summed E-state index contributed by atoms with van der Waals surface area (Å²) in [5, 5.41) is 2.10. The highest BCUT2D eigenvalue weighted by molar-refractivity contribution is 7.89. The summed E-state index contributed by atoms with van der Waals surface area (Å²) >= 11 is 5.85. The second kappa shape index (κ2) is 9.84. The molecule has 2 amide bonds. The van der Waals surface area contributed by atoms with E-state index < -0.39 is 32.8 Å². The van der Waals surface area contributed by atoms with Crippen LogP contribution in [-0.4, -0.2) is 69.0 Å². The van der Waals surface area contributed by atoms with Gasteiger partial charge in [-0.2, -0.15) is 17.5 Å². The quantitative estimate of drug-likeness (QED) is 0.687. The summed E-state index contributed by atoms with van der Waals surface area (Å²) in [4.78, 5) is 24.2. The Hall–Kier alpha value is -2.05. The van der Waals surface area contributed by atoms with Gasteiger partial charge in [-0.3, -0.25) is 4.79 Å². The molecule has 1 aliphatic rings. The lowest BCUT2D eigenvalue weighted by molar-refractivity contribution is -0.137. The Morgan fingerprint density at radius 2 is 1.83 bits per heavy atom. The summed E-state index contributed by atoms with van der Waals surface area (Å²) in [6.07, 6.45) is -5.35. The van der Waals surface area contributed by atoms with Crippen LogP contribution >= 0.6 is 11.6 Å². The van der Waals surface area contributed by atoms with E-state index in [1.165, 1.54) is 4.90 Å². The van der Waals surface area contributed by atoms with Crippen LogP contribution in [0.25, 0.3) is 0 Å². The molecule has 0 aromatic heterocycles. The number of alkyl carbamates (subject to hydrolysis) is 1. The number of hydrogen-bond acceptors (Lipinski definition) is 5. The van der Waals surface area contributed by atoms with E-state index in [1.807, 2.05) is 0 Å². The number of ether oxygens (including phenoxy) is 1. The van der Waals surface area contributed by atoms with Gasteiger partial charge >= 0.3 is 12.3 Å². The van der Waals surface area contributed by atoms with Crippen molar-refractivity contribution in [2.75, 3.05) is 39.3 Å². The number of carbonyl (C=O) groups is 2. The van der Waals surface area contributed by atoms with Crippen molar-refractivity contribution >= 4 is 33.6 Å². The van der Waals surface area contributed by atoms with E-state index in [-0.39, 0.29) is 56.7 Å². The monoisotopic (exact) mass is 471 g/mol. The second-order valence-electron chi connectivity index (χ2n) is 6.33. The summed E-state index contributed by atoms with van der Waals surface area (Å²) < 4.78 is 70.0. The van der Waals surface area contributed by atoms with E-state index in [2.05, 4.69) is 10.1 Å². The standard InChI is InChI=1S/C17H21ClF3N3O5S/c1-2-29-16(26)22-6-5-15(25)23-7-9-24(10-8-23)30(27,28)14-11-12(17(19,20)21)3-4-13(14)18/h3-4,11H,2,5-10H2,1H3,(H,22,26). The Bertz CT molecular complexity index is 887. The van der Waals surface area contributed by atoms with E-state index in [0.717, 1.165) is 10.4 Å². The molecule has 0 aliphatic carbocycles. The molecule has 8 nitrogen and oxygen atoms in total. The summed E-state index contributed by atoms with van der Waals surface area (Å²) in [7, 11) is -4.27. The number of nitrogens with one attached hydrogen (secondary N) is 1. The summed E-state index contributed by atoms with van der Waals surface area (Å²) in [5.41, 5.74) is -1.12. The molecule has 0 bridgehead atoms. The van der Waals surface area contributed by atoms with Gasteiger partial charge < -0.3 is 15.0 Å². The Labute approximate surface area is 177 Å². The van der Waals surface area contributed by atoms with Crippen LogP contribution in [0.5, 0.6) is 0 Å². The number of hydrogen-bond donors (Lipinski definition) is 1. The van der Waals surface area contributed by atoms with Crippen molar-refractivity contribution in [1.29, 1.82) is 0 Å². The van der Waals surface area contributed by atoms with Gasteiger partial charge in [-0.25, -0.2) is 13.2 Å². The third-order valence-electron chi connectivity index (χ3n) is 4.35. The molecule has 0 radical (unpaired) electrons. The zero-order valence-electron chi connectivity index (χ0n) is 16.0. The average Bonchev–Trinajstić information content (AvgIpc) is 2.67. The molecule has 30 heavy (non-hydrogen) atoms. The minimum Gasteiger partial charge on any atom is -0.450 e. The second-order valence-corrected chi connectivity index (χ2v) is 8.64. The van der Waals surface area contributed by atoms with Gasteiger partial charge in [0.05, 0.1) is 17.2 Å². The van der Waals surface area contributed by atoms with Gasteiger partial charge in [0.25, 0.3) is 0 Å². The first-order valence-corrected chi connectivity index (χ1v) is 10.8. The number of benzene rings is 1. The molecule has 0 saturated carbocycles. The van der Waals surface area contributed by atoms with Gasteiger partial charge in [0, 0.05) is 39.1 Å². The minimum atomic E-state index is -4.71. The number of halogens is 4. The highest BCUT2D eigenvalue weighted by Crippen LogP contribution is 2.34. The molecule has 1 N–H and O–H groups in total. The highest BCUT2D eigenvalue weighted by Gasteiger charge is 2.35. The van der Waals surface area contributed by atoms with Gasteiger partial charge in [-0.05, 0) is 25.1 Å². The van der Waals surface area contributed by atoms with Crippen LogP contribution in [0.3, 0.4) is 0 Å². The molecular weight excluding hydrogens is 451 g/mol. The molecule has 1 heterocycles. The largest absolute Gasteiger partial charge is 0.450 e. The first kappa shape index (κ1) is 24.2. The van der Waals surface area contributed by atoms with Gasteiger partial charge in [-0.15, -0.1) is 0 Å². The Morgan fingerprint density at radius 3 is 2.40 bits per heavy atom. The molecule has 1 fully saturated rings.